The summed E-state index contributed by atoms with van der Waals surface area (Å²) in [7, 11) is 0. The molecule has 0 aliphatic carbocycles. The second-order valence-electron chi connectivity index (χ2n) is 6.74. The molecule has 1 aliphatic heterocycles. The van der Waals surface area contributed by atoms with Gasteiger partial charge in [0.05, 0.1) is 12.2 Å². The van der Waals surface area contributed by atoms with E-state index < -0.39 is 0 Å². The molecule has 23 heavy (non-hydrogen) atoms. The van der Waals surface area contributed by atoms with Crippen molar-refractivity contribution in [3.8, 4) is 5.75 Å². The van der Waals surface area contributed by atoms with Crippen LogP contribution >= 0.6 is 0 Å². The third-order valence-electron chi connectivity index (χ3n) is 4.35. The lowest BCUT2D eigenvalue weighted by Crippen LogP contribution is -2.52. The molecule has 2 rings (SSSR count). The summed E-state index contributed by atoms with van der Waals surface area (Å²) in [5.74, 6) is 0.522. The summed E-state index contributed by atoms with van der Waals surface area (Å²) in [5, 5.41) is 9.95. The summed E-state index contributed by atoms with van der Waals surface area (Å²) < 4.78 is 0. The van der Waals surface area contributed by atoms with Gasteiger partial charge in [-0.3, -0.25) is 9.69 Å². The number of hydrogen-bond acceptors (Lipinski definition) is 4. The van der Waals surface area contributed by atoms with Crippen molar-refractivity contribution in [1.82, 2.24) is 9.80 Å². The number of aromatic hydroxyl groups is 1. The number of nitrogens with zero attached hydrogens (tertiary/aromatic N) is 3. The largest absolute Gasteiger partial charge is 0.506 e. The van der Waals surface area contributed by atoms with Gasteiger partial charge < -0.3 is 14.9 Å². The first-order valence-corrected chi connectivity index (χ1v) is 8.46. The molecular weight excluding hydrogens is 290 g/mol. The summed E-state index contributed by atoms with van der Waals surface area (Å²) in [6, 6.07) is 7.88. The highest BCUT2D eigenvalue weighted by molar-refractivity contribution is 5.79. The molecule has 5 nitrogen and oxygen atoms in total. The highest BCUT2D eigenvalue weighted by atomic mass is 16.3. The number of anilines is 1. The number of para-hydroxylation sites is 2. The molecule has 1 heterocycles. The molecule has 0 aromatic heterocycles. The number of phenolic OH excluding ortho intramolecular Hbond substituents is 1. The van der Waals surface area contributed by atoms with Crippen molar-refractivity contribution in [3.05, 3.63) is 24.3 Å². The van der Waals surface area contributed by atoms with Crippen molar-refractivity contribution in [3.63, 3.8) is 0 Å². The van der Waals surface area contributed by atoms with Crippen LogP contribution in [-0.2, 0) is 4.79 Å². The molecule has 1 amide bonds. The minimum absolute atomic E-state index is 0.200. The maximum absolute atomic E-state index is 12.5. The Morgan fingerprint density at radius 3 is 2.17 bits per heavy atom. The van der Waals surface area contributed by atoms with E-state index in [4.69, 9.17) is 0 Å². The van der Waals surface area contributed by atoms with Crippen LogP contribution in [0.4, 0.5) is 5.69 Å². The Hall–Kier alpha value is -1.75. The SMILES string of the molecule is CC(C)N(C(=O)CN1CCN(c2ccccc2O)CC1)C(C)C. The van der Waals surface area contributed by atoms with Crippen LogP contribution in [0.5, 0.6) is 5.75 Å². The van der Waals surface area contributed by atoms with Gasteiger partial charge in [0.15, 0.2) is 0 Å². The Morgan fingerprint density at radius 1 is 1.09 bits per heavy atom. The monoisotopic (exact) mass is 319 g/mol. The smallest absolute Gasteiger partial charge is 0.237 e. The van der Waals surface area contributed by atoms with Gasteiger partial charge in [0, 0.05) is 38.3 Å². The topological polar surface area (TPSA) is 47.0 Å². The lowest BCUT2D eigenvalue weighted by molar-refractivity contribution is -0.136. The average Bonchev–Trinajstić information content (AvgIpc) is 2.48. The van der Waals surface area contributed by atoms with E-state index in [1.54, 1.807) is 6.07 Å². The van der Waals surface area contributed by atoms with Crippen LogP contribution in [0, 0.1) is 0 Å². The van der Waals surface area contributed by atoms with Crippen LogP contribution in [0.3, 0.4) is 0 Å². The zero-order valence-corrected chi connectivity index (χ0v) is 14.7. The number of carbonyl (C=O) groups is 1. The van der Waals surface area contributed by atoms with E-state index in [1.165, 1.54) is 0 Å². The van der Waals surface area contributed by atoms with Crippen molar-refractivity contribution in [1.29, 1.82) is 0 Å². The van der Waals surface area contributed by atoms with Gasteiger partial charge in [0.25, 0.3) is 0 Å². The quantitative estimate of drug-likeness (QED) is 0.903. The molecule has 128 valence electrons. The fraction of sp³-hybridized carbons (Fsp3) is 0.611. The summed E-state index contributed by atoms with van der Waals surface area (Å²) in [6.07, 6.45) is 0. The van der Waals surface area contributed by atoms with Gasteiger partial charge >= 0.3 is 0 Å². The fourth-order valence-corrected chi connectivity index (χ4v) is 3.32. The number of rotatable bonds is 5. The van der Waals surface area contributed by atoms with Gasteiger partial charge in [0.2, 0.25) is 5.91 Å². The minimum Gasteiger partial charge on any atom is -0.506 e. The Morgan fingerprint density at radius 2 is 1.65 bits per heavy atom. The van der Waals surface area contributed by atoms with Crippen molar-refractivity contribution in [2.75, 3.05) is 37.6 Å². The Balaban J connectivity index is 1.90. The maximum Gasteiger partial charge on any atom is 0.237 e. The normalized spacial score (nSPS) is 16.2. The number of hydrogen-bond donors (Lipinski definition) is 1. The van der Waals surface area contributed by atoms with Crippen LogP contribution in [0.2, 0.25) is 0 Å². The molecule has 0 saturated carbocycles. The zero-order valence-electron chi connectivity index (χ0n) is 14.7. The lowest BCUT2D eigenvalue weighted by Gasteiger charge is -2.38. The van der Waals surface area contributed by atoms with Gasteiger partial charge in [-0.25, -0.2) is 0 Å². The number of piperazine rings is 1. The standard InChI is InChI=1S/C18H29N3O2/c1-14(2)21(15(3)4)18(23)13-19-9-11-20(12-10-19)16-7-5-6-8-17(16)22/h5-8,14-15,22H,9-13H2,1-4H3. The Bertz CT molecular complexity index is 515. The van der Waals surface area contributed by atoms with Crippen LogP contribution in [0.25, 0.3) is 0 Å². The first-order chi connectivity index (χ1) is 10.9. The lowest BCUT2D eigenvalue weighted by atomic mass is 10.2. The number of carbonyl (C=O) groups excluding carboxylic acids is 1. The molecule has 1 N–H and O–H groups in total. The third kappa shape index (κ3) is 4.38. The molecule has 1 aliphatic rings. The number of phenols is 1. The molecule has 0 spiro atoms. The van der Waals surface area contributed by atoms with E-state index in [-0.39, 0.29) is 18.0 Å². The van der Waals surface area contributed by atoms with Crippen molar-refractivity contribution < 1.29 is 9.90 Å². The predicted molar refractivity (Wildman–Crippen MR) is 93.9 cm³/mol. The predicted octanol–water partition coefficient (Wildman–Crippen LogP) is 2.16. The number of benzene rings is 1. The van der Waals surface area contributed by atoms with Gasteiger partial charge in [-0.05, 0) is 39.8 Å². The molecular formula is C18H29N3O2. The second kappa shape index (κ2) is 7.68. The molecule has 1 aromatic carbocycles. The molecule has 0 radical (unpaired) electrons. The molecule has 1 saturated heterocycles. The van der Waals surface area contributed by atoms with E-state index >= 15 is 0 Å². The van der Waals surface area contributed by atoms with Gasteiger partial charge in [-0.2, -0.15) is 0 Å². The third-order valence-corrected chi connectivity index (χ3v) is 4.35. The van der Waals surface area contributed by atoms with Gasteiger partial charge in [0.1, 0.15) is 5.75 Å². The molecule has 5 heteroatoms. The first kappa shape index (κ1) is 17.6. The fourth-order valence-electron chi connectivity index (χ4n) is 3.32. The van der Waals surface area contributed by atoms with Crippen molar-refractivity contribution in [2.24, 2.45) is 0 Å². The molecule has 1 fully saturated rings. The van der Waals surface area contributed by atoms with Crippen LogP contribution in [-0.4, -0.2) is 65.6 Å². The van der Waals surface area contributed by atoms with Crippen molar-refractivity contribution >= 4 is 11.6 Å². The van der Waals surface area contributed by atoms with Crippen LogP contribution in [0.15, 0.2) is 24.3 Å². The first-order valence-electron chi connectivity index (χ1n) is 8.46. The van der Waals surface area contributed by atoms with Gasteiger partial charge in [-0.1, -0.05) is 12.1 Å². The van der Waals surface area contributed by atoms with Crippen molar-refractivity contribution in [2.45, 2.75) is 39.8 Å². The zero-order chi connectivity index (χ0) is 17.0. The summed E-state index contributed by atoms with van der Waals surface area (Å²) >= 11 is 0. The molecule has 0 unspecified atom stereocenters. The summed E-state index contributed by atoms with van der Waals surface area (Å²) in [4.78, 5) is 18.9. The average molecular weight is 319 g/mol. The molecule has 0 bridgehead atoms. The number of amides is 1. The summed E-state index contributed by atoms with van der Waals surface area (Å²) in [6.45, 7) is 12.1. The highest BCUT2D eigenvalue weighted by Gasteiger charge is 2.25. The Labute approximate surface area is 139 Å². The van der Waals surface area contributed by atoms with Crippen LogP contribution in [0.1, 0.15) is 27.7 Å². The summed E-state index contributed by atoms with van der Waals surface area (Å²) in [5.41, 5.74) is 0.879. The maximum atomic E-state index is 12.5. The van der Waals surface area contributed by atoms with E-state index in [0.717, 1.165) is 31.9 Å². The molecule has 1 aromatic rings. The Kier molecular flexibility index (Phi) is 5.88. The van der Waals surface area contributed by atoms with E-state index in [1.807, 2.05) is 23.1 Å². The van der Waals surface area contributed by atoms with E-state index in [9.17, 15) is 9.90 Å². The van der Waals surface area contributed by atoms with E-state index in [0.29, 0.717) is 12.3 Å². The second-order valence-corrected chi connectivity index (χ2v) is 6.74. The highest BCUT2D eigenvalue weighted by Crippen LogP contribution is 2.27. The van der Waals surface area contributed by atoms with E-state index in [2.05, 4.69) is 37.5 Å². The minimum atomic E-state index is 0.200. The van der Waals surface area contributed by atoms with Crippen LogP contribution < -0.4 is 4.90 Å². The van der Waals surface area contributed by atoms with Gasteiger partial charge in [-0.15, -0.1) is 0 Å². The molecule has 0 atom stereocenters.